The first kappa shape index (κ1) is 11.9. The lowest BCUT2D eigenvalue weighted by Gasteiger charge is -2.11. The quantitative estimate of drug-likeness (QED) is 0.775. The summed E-state index contributed by atoms with van der Waals surface area (Å²) in [5.41, 5.74) is 0.484. The van der Waals surface area contributed by atoms with E-state index >= 15 is 0 Å². The predicted molar refractivity (Wildman–Crippen MR) is 61.7 cm³/mol. The van der Waals surface area contributed by atoms with Crippen molar-refractivity contribution in [1.29, 1.82) is 0 Å². The van der Waals surface area contributed by atoms with Crippen LogP contribution in [0.1, 0.15) is 10.4 Å². The second-order valence-corrected chi connectivity index (χ2v) is 3.85. The third-order valence-electron chi connectivity index (χ3n) is 1.85. The minimum Gasteiger partial charge on any atom is -0.368 e. The summed E-state index contributed by atoms with van der Waals surface area (Å²) in [6.07, 6.45) is 2.22. The van der Waals surface area contributed by atoms with Crippen molar-refractivity contribution < 1.29 is 4.79 Å². The fraction of sp³-hybridized carbons (Fsp3) is 0.400. The molecule has 0 saturated heterocycles. The van der Waals surface area contributed by atoms with Gasteiger partial charge in [0.1, 0.15) is 5.82 Å². The summed E-state index contributed by atoms with van der Waals surface area (Å²) in [6, 6.07) is 1.60. The number of hydrogen-bond acceptors (Lipinski definition) is 4. The summed E-state index contributed by atoms with van der Waals surface area (Å²) in [5.74, 6) is 0.615. The number of carbonyl (C=O) groups is 1. The topological polar surface area (TPSA) is 45.2 Å². The van der Waals surface area contributed by atoms with Crippen molar-refractivity contribution in [3.05, 3.63) is 22.8 Å². The van der Waals surface area contributed by atoms with E-state index in [1.807, 2.05) is 14.1 Å². The van der Waals surface area contributed by atoms with Gasteiger partial charge in [0.15, 0.2) is 6.29 Å². The van der Waals surface area contributed by atoms with Crippen LogP contribution >= 0.6 is 11.6 Å². The van der Waals surface area contributed by atoms with Gasteiger partial charge in [-0.3, -0.25) is 4.79 Å². The van der Waals surface area contributed by atoms with Gasteiger partial charge in [0.25, 0.3) is 0 Å². The fourth-order valence-corrected chi connectivity index (χ4v) is 1.29. The average molecular weight is 228 g/mol. The van der Waals surface area contributed by atoms with E-state index in [9.17, 15) is 4.79 Å². The summed E-state index contributed by atoms with van der Waals surface area (Å²) in [6.45, 7) is 1.66. The maximum atomic E-state index is 10.4. The van der Waals surface area contributed by atoms with Gasteiger partial charge in [0, 0.05) is 24.8 Å². The summed E-state index contributed by atoms with van der Waals surface area (Å²) in [5, 5.41) is 3.57. The maximum Gasteiger partial charge on any atom is 0.151 e. The van der Waals surface area contributed by atoms with Crippen LogP contribution in [0, 0.1) is 0 Å². The monoisotopic (exact) mass is 227 g/mol. The van der Waals surface area contributed by atoms with Gasteiger partial charge in [0.05, 0.1) is 5.02 Å². The molecule has 0 aliphatic carbocycles. The number of anilines is 1. The van der Waals surface area contributed by atoms with Crippen molar-refractivity contribution in [2.24, 2.45) is 0 Å². The zero-order valence-electron chi connectivity index (χ0n) is 8.83. The van der Waals surface area contributed by atoms with E-state index in [1.54, 1.807) is 6.07 Å². The number of carbonyl (C=O) groups excluding carboxylic acids is 1. The maximum absolute atomic E-state index is 10.4. The Morgan fingerprint density at radius 1 is 1.60 bits per heavy atom. The van der Waals surface area contributed by atoms with Crippen molar-refractivity contribution in [3.8, 4) is 0 Å². The van der Waals surface area contributed by atoms with Crippen LogP contribution in [0.25, 0.3) is 0 Å². The predicted octanol–water partition coefficient (Wildman–Crippen LogP) is 1.52. The highest BCUT2D eigenvalue weighted by Gasteiger charge is 2.02. The van der Waals surface area contributed by atoms with Gasteiger partial charge in [0.2, 0.25) is 0 Å². The molecular formula is C10H14ClN3O. The number of pyridine rings is 1. The zero-order valence-corrected chi connectivity index (χ0v) is 9.58. The lowest BCUT2D eigenvalue weighted by molar-refractivity contribution is 0.112. The molecular weight excluding hydrogens is 214 g/mol. The average Bonchev–Trinajstić information content (AvgIpc) is 2.20. The Morgan fingerprint density at radius 2 is 2.33 bits per heavy atom. The Kier molecular flexibility index (Phi) is 4.52. The largest absolute Gasteiger partial charge is 0.368 e. The van der Waals surface area contributed by atoms with Crippen LogP contribution in [0.5, 0.6) is 0 Å². The first-order valence-electron chi connectivity index (χ1n) is 4.63. The number of rotatable bonds is 5. The highest BCUT2D eigenvalue weighted by Crippen LogP contribution is 2.18. The molecule has 0 saturated carbocycles. The first-order chi connectivity index (χ1) is 7.13. The molecule has 0 unspecified atom stereocenters. The smallest absolute Gasteiger partial charge is 0.151 e. The Labute approximate surface area is 94.3 Å². The summed E-state index contributed by atoms with van der Waals surface area (Å²) in [7, 11) is 3.98. The molecule has 15 heavy (non-hydrogen) atoms. The number of hydrogen-bond donors (Lipinski definition) is 1. The van der Waals surface area contributed by atoms with Gasteiger partial charge in [-0.2, -0.15) is 0 Å². The zero-order chi connectivity index (χ0) is 11.3. The Bertz CT molecular complexity index is 341. The summed E-state index contributed by atoms with van der Waals surface area (Å²) in [4.78, 5) is 16.6. The molecule has 0 aliphatic heterocycles. The molecule has 0 aliphatic rings. The summed E-state index contributed by atoms with van der Waals surface area (Å²) < 4.78 is 0. The molecule has 0 amide bonds. The van der Waals surface area contributed by atoms with E-state index in [-0.39, 0.29) is 0 Å². The van der Waals surface area contributed by atoms with E-state index in [0.717, 1.165) is 19.4 Å². The molecule has 1 aromatic heterocycles. The molecule has 5 heteroatoms. The van der Waals surface area contributed by atoms with Gasteiger partial charge < -0.3 is 10.2 Å². The van der Waals surface area contributed by atoms with Crippen LogP contribution in [-0.4, -0.2) is 43.4 Å². The highest BCUT2D eigenvalue weighted by atomic mass is 35.5. The molecule has 1 aromatic rings. The molecule has 0 bridgehead atoms. The highest BCUT2D eigenvalue weighted by molar-refractivity contribution is 6.33. The fourth-order valence-electron chi connectivity index (χ4n) is 1.05. The number of halogens is 1. The minimum atomic E-state index is 0.471. The number of aromatic nitrogens is 1. The Balaban J connectivity index is 2.58. The normalized spacial score (nSPS) is 10.4. The molecule has 0 fully saturated rings. The van der Waals surface area contributed by atoms with Crippen molar-refractivity contribution in [2.45, 2.75) is 0 Å². The minimum absolute atomic E-state index is 0.471. The molecule has 1 heterocycles. The van der Waals surface area contributed by atoms with Crippen molar-refractivity contribution in [2.75, 3.05) is 32.5 Å². The van der Waals surface area contributed by atoms with E-state index < -0.39 is 0 Å². The van der Waals surface area contributed by atoms with Crippen LogP contribution in [0.3, 0.4) is 0 Å². The van der Waals surface area contributed by atoms with Gasteiger partial charge in [-0.05, 0) is 20.2 Å². The molecule has 82 valence electrons. The van der Waals surface area contributed by atoms with Crippen molar-refractivity contribution in [3.63, 3.8) is 0 Å². The van der Waals surface area contributed by atoms with Gasteiger partial charge in [-0.25, -0.2) is 4.98 Å². The Hall–Kier alpha value is -1.13. The van der Waals surface area contributed by atoms with E-state index in [4.69, 9.17) is 11.6 Å². The van der Waals surface area contributed by atoms with Gasteiger partial charge in [-0.1, -0.05) is 11.6 Å². The first-order valence-corrected chi connectivity index (χ1v) is 5.00. The molecule has 1 N–H and O–H groups in total. The number of likely N-dealkylation sites (N-methyl/N-ethyl adjacent to an activating group) is 1. The van der Waals surface area contributed by atoms with Crippen LogP contribution in [-0.2, 0) is 0 Å². The Morgan fingerprint density at radius 3 is 2.87 bits per heavy atom. The van der Waals surface area contributed by atoms with Crippen molar-refractivity contribution in [1.82, 2.24) is 9.88 Å². The van der Waals surface area contributed by atoms with E-state index in [0.29, 0.717) is 16.4 Å². The SMILES string of the molecule is CN(C)CCNc1ncc(C=O)cc1Cl. The van der Waals surface area contributed by atoms with Crippen LogP contribution in [0.4, 0.5) is 5.82 Å². The molecule has 0 atom stereocenters. The molecule has 1 rings (SSSR count). The van der Waals surface area contributed by atoms with Crippen molar-refractivity contribution >= 4 is 23.7 Å². The number of aldehydes is 1. The van der Waals surface area contributed by atoms with Gasteiger partial charge >= 0.3 is 0 Å². The molecule has 0 aromatic carbocycles. The second-order valence-electron chi connectivity index (χ2n) is 3.45. The molecule has 4 nitrogen and oxygen atoms in total. The number of nitrogens with one attached hydrogen (secondary N) is 1. The summed E-state index contributed by atoms with van der Waals surface area (Å²) >= 11 is 5.93. The molecule has 0 radical (unpaired) electrons. The van der Waals surface area contributed by atoms with Crippen LogP contribution in [0.15, 0.2) is 12.3 Å². The standard InChI is InChI=1S/C10H14ClN3O/c1-14(2)4-3-12-10-9(11)5-8(7-15)6-13-10/h5-7H,3-4H2,1-2H3,(H,12,13). The number of nitrogens with zero attached hydrogens (tertiary/aromatic N) is 2. The van der Waals surface area contributed by atoms with Crippen LogP contribution < -0.4 is 5.32 Å². The lowest BCUT2D eigenvalue weighted by Crippen LogP contribution is -2.21. The van der Waals surface area contributed by atoms with Gasteiger partial charge in [-0.15, -0.1) is 0 Å². The van der Waals surface area contributed by atoms with E-state index in [2.05, 4.69) is 15.2 Å². The molecule has 0 spiro atoms. The van der Waals surface area contributed by atoms with E-state index in [1.165, 1.54) is 6.20 Å². The lowest BCUT2D eigenvalue weighted by atomic mass is 10.3. The third-order valence-corrected chi connectivity index (χ3v) is 2.14. The second kappa shape index (κ2) is 5.68. The third kappa shape index (κ3) is 3.85. The van der Waals surface area contributed by atoms with Crippen LogP contribution in [0.2, 0.25) is 5.02 Å².